The molecule has 166 valence electrons. The number of carbonyl (C=O) groups excluding carboxylic acids is 2. The molecule has 1 aliphatic heterocycles. The molecule has 0 aliphatic carbocycles. The minimum atomic E-state index is -4.45. The smallest absolute Gasteiger partial charge is 0.416 e. The molecule has 3 aromatic rings. The van der Waals surface area contributed by atoms with Gasteiger partial charge in [0.05, 0.1) is 36.5 Å². The number of amides is 1. The van der Waals surface area contributed by atoms with Crippen LogP contribution in [0.25, 0.3) is 0 Å². The largest absolute Gasteiger partial charge is 0.480 e. The third-order valence-corrected chi connectivity index (χ3v) is 5.44. The predicted molar refractivity (Wildman–Crippen MR) is 109 cm³/mol. The Morgan fingerprint density at radius 2 is 1.94 bits per heavy atom. The van der Waals surface area contributed by atoms with Crippen LogP contribution in [0.3, 0.4) is 0 Å². The van der Waals surface area contributed by atoms with Crippen molar-refractivity contribution in [3.63, 3.8) is 0 Å². The summed E-state index contributed by atoms with van der Waals surface area (Å²) in [5.74, 6) is -1.37. The zero-order chi connectivity index (χ0) is 23.0. The van der Waals surface area contributed by atoms with Gasteiger partial charge in [0.1, 0.15) is 11.3 Å². The maximum absolute atomic E-state index is 13.3. The highest BCUT2D eigenvalue weighted by Crippen LogP contribution is 2.39. The Hall–Kier alpha value is -3.69. The van der Waals surface area contributed by atoms with Gasteiger partial charge >= 0.3 is 6.18 Å². The number of carbonyl (C=O) groups is 2. The van der Waals surface area contributed by atoms with Gasteiger partial charge < -0.3 is 10.1 Å². The number of alkyl halides is 3. The molecular weight excluding hydrogens is 425 g/mol. The second-order valence-corrected chi connectivity index (χ2v) is 7.49. The number of benzene rings is 1. The molecule has 3 heterocycles. The maximum Gasteiger partial charge on any atom is 0.416 e. The number of anilines is 1. The summed E-state index contributed by atoms with van der Waals surface area (Å²) in [6.07, 6.45) is -1.20. The van der Waals surface area contributed by atoms with Gasteiger partial charge in [0.15, 0.2) is 5.78 Å². The molecule has 10 heteroatoms. The van der Waals surface area contributed by atoms with Gasteiger partial charge in [0.25, 0.3) is 5.91 Å². The molecule has 2 atom stereocenters. The van der Waals surface area contributed by atoms with E-state index in [0.717, 1.165) is 12.1 Å². The monoisotopic (exact) mass is 444 g/mol. The molecular formula is C22H19F3N4O3. The fourth-order valence-corrected chi connectivity index (χ4v) is 3.85. The number of Topliss-reactive ketones (excluding diaryl/α,β-unsaturated/α-hetero) is 1. The van der Waals surface area contributed by atoms with Gasteiger partial charge in [-0.25, -0.2) is 4.98 Å². The highest BCUT2D eigenvalue weighted by Gasteiger charge is 2.37. The van der Waals surface area contributed by atoms with Crippen LogP contribution in [0.2, 0.25) is 0 Å². The first kappa shape index (κ1) is 21.5. The minimum Gasteiger partial charge on any atom is -0.480 e. The van der Waals surface area contributed by atoms with Gasteiger partial charge in [0, 0.05) is 6.20 Å². The summed E-state index contributed by atoms with van der Waals surface area (Å²) in [7, 11) is 1.39. The van der Waals surface area contributed by atoms with E-state index in [1.807, 2.05) is 6.92 Å². The Morgan fingerprint density at radius 1 is 1.22 bits per heavy atom. The first-order chi connectivity index (χ1) is 15.2. The van der Waals surface area contributed by atoms with Gasteiger partial charge in [-0.3, -0.25) is 14.3 Å². The van der Waals surface area contributed by atoms with E-state index in [0.29, 0.717) is 12.0 Å². The molecule has 0 bridgehead atoms. The normalized spacial score (nSPS) is 18.2. The molecule has 1 unspecified atom stereocenters. The van der Waals surface area contributed by atoms with E-state index < -0.39 is 23.6 Å². The fraction of sp³-hybridized carbons (Fsp3) is 0.273. The van der Waals surface area contributed by atoms with E-state index in [9.17, 15) is 22.8 Å². The lowest BCUT2D eigenvalue weighted by atomic mass is 9.84. The van der Waals surface area contributed by atoms with Gasteiger partial charge in [0.2, 0.25) is 5.88 Å². The van der Waals surface area contributed by atoms with E-state index in [4.69, 9.17) is 4.74 Å². The van der Waals surface area contributed by atoms with E-state index in [1.165, 1.54) is 42.4 Å². The van der Waals surface area contributed by atoms with Gasteiger partial charge in [-0.15, -0.1) is 0 Å². The second-order valence-electron chi connectivity index (χ2n) is 7.49. The standard InChI is InChI=1S/C22H19F3N4O3/c1-12-10-16(13-5-7-14(8-6-13)22(23,24)25)19(30)18-17(11-27-29(12)18)28-20(31)15-4-3-9-26-21(15)32-2/h3-9,11-12,16H,10H2,1-2H3,(H,28,31)/t12-,16?/m0/s1. The van der Waals surface area contributed by atoms with Gasteiger partial charge in [-0.1, -0.05) is 12.1 Å². The number of ether oxygens (including phenoxy) is 1. The molecule has 0 saturated heterocycles. The third kappa shape index (κ3) is 3.83. The van der Waals surface area contributed by atoms with Crippen LogP contribution in [0.1, 0.15) is 57.3 Å². The van der Waals surface area contributed by atoms with Crippen molar-refractivity contribution in [1.82, 2.24) is 14.8 Å². The Bertz CT molecular complexity index is 1170. The molecule has 1 aliphatic rings. The molecule has 1 N–H and O–H groups in total. The number of ketones is 1. The SMILES string of the molecule is COc1ncccc1C(=O)Nc1cnn2c1C(=O)C(c1ccc(C(F)(F)F)cc1)C[C@@H]2C. The zero-order valence-corrected chi connectivity index (χ0v) is 17.2. The van der Waals surface area contributed by atoms with Gasteiger partial charge in [-0.2, -0.15) is 18.3 Å². The number of hydrogen-bond donors (Lipinski definition) is 1. The summed E-state index contributed by atoms with van der Waals surface area (Å²) in [6.45, 7) is 1.86. The van der Waals surface area contributed by atoms with Crippen LogP contribution in [-0.2, 0) is 6.18 Å². The Labute approximate surface area is 181 Å². The Kier molecular flexibility index (Phi) is 5.45. The highest BCUT2D eigenvalue weighted by molar-refractivity contribution is 6.11. The molecule has 2 aromatic heterocycles. The van der Waals surface area contributed by atoms with E-state index in [2.05, 4.69) is 15.4 Å². The summed E-state index contributed by atoms with van der Waals surface area (Å²) >= 11 is 0. The molecule has 0 spiro atoms. The molecule has 4 rings (SSSR count). The van der Waals surface area contributed by atoms with Crippen LogP contribution in [0.5, 0.6) is 5.88 Å². The molecule has 0 fully saturated rings. The maximum atomic E-state index is 13.3. The van der Waals surface area contributed by atoms with Crippen molar-refractivity contribution in [1.29, 1.82) is 0 Å². The molecule has 7 nitrogen and oxygen atoms in total. The van der Waals surface area contributed by atoms with Crippen molar-refractivity contribution >= 4 is 17.4 Å². The third-order valence-electron chi connectivity index (χ3n) is 5.44. The number of fused-ring (bicyclic) bond motifs is 1. The number of methoxy groups -OCH3 is 1. The molecule has 1 amide bonds. The molecule has 1 aromatic carbocycles. The number of halogens is 3. The number of pyridine rings is 1. The van der Waals surface area contributed by atoms with Crippen LogP contribution in [-0.4, -0.2) is 33.6 Å². The fourth-order valence-electron chi connectivity index (χ4n) is 3.85. The molecule has 0 radical (unpaired) electrons. The lowest BCUT2D eigenvalue weighted by molar-refractivity contribution is -0.137. The van der Waals surface area contributed by atoms with Crippen molar-refractivity contribution < 1.29 is 27.5 Å². The topological polar surface area (TPSA) is 86.1 Å². The summed E-state index contributed by atoms with van der Waals surface area (Å²) in [4.78, 5) is 30.0. The summed E-state index contributed by atoms with van der Waals surface area (Å²) in [6, 6.07) is 7.50. The first-order valence-corrected chi connectivity index (χ1v) is 9.80. The van der Waals surface area contributed by atoms with Crippen molar-refractivity contribution in [3.05, 3.63) is 71.2 Å². The zero-order valence-electron chi connectivity index (χ0n) is 17.2. The quantitative estimate of drug-likeness (QED) is 0.641. The Morgan fingerprint density at radius 3 is 2.59 bits per heavy atom. The summed E-state index contributed by atoms with van der Waals surface area (Å²) in [5, 5.41) is 6.92. The first-order valence-electron chi connectivity index (χ1n) is 9.80. The second kappa shape index (κ2) is 8.10. The van der Waals surface area contributed by atoms with Crippen molar-refractivity contribution in [2.75, 3.05) is 12.4 Å². The number of nitrogens with zero attached hydrogens (tertiary/aromatic N) is 3. The molecule has 0 saturated carbocycles. The lowest BCUT2D eigenvalue weighted by Crippen LogP contribution is -2.29. The van der Waals surface area contributed by atoms with Crippen LogP contribution in [0.4, 0.5) is 18.9 Å². The average molecular weight is 444 g/mol. The van der Waals surface area contributed by atoms with E-state index in [1.54, 1.807) is 6.07 Å². The van der Waals surface area contributed by atoms with Crippen LogP contribution in [0.15, 0.2) is 48.8 Å². The van der Waals surface area contributed by atoms with Crippen molar-refractivity contribution in [2.24, 2.45) is 0 Å². The molecule has 32 heavy (non-hydrogen) atoms. The van der Waals surface area contributed by atoms with Gasteiger partial charge in [-0.05, 0) is 43.2 Å². The average Bonchev–Trinajstić information content (AvgIpc) is 3.20. The number of nitrogens with one attached hydrogen (secondary N) is 1. The van der Waals surface area contributed by atoms with Crippen LogP contribution >= 0.6 is 0 Å². The predicted octanol–water partition coefficient (Wildman–Crippen LogP) is 4.49. The van der Waals surface area contributed by atoms with Crippen LogP contribution in [0, 0.1) is 0 Å². The van der Waals surface area contributed by atoms with Crippen molar-refractivity contribution in [3.8, 4) is 5.88 Å². The Balaban J connectivity index is 1.64. The van der Waals surface area contributed by atoms with E-state index in [-0.39, 0.29) is 34.6 Å². The van der Waals surface area contributed by atoms with Crippen molar-refractivity contribution in [2.45, 2.75) is 31.5 Å². The summed E-state index contributed by atoms with van der Waals surface area (Å²) in [5.41, 5.74) is 0.305. The van der Waals surface area contributed by atoms with Crippen LogP contribution < -0.4 is 10.1 Å². The minimum absolute atomic E-state index is 0.133. The highest BCUT2D eigenvalue weighted by atomic mass is 19.4. The lowest BCUT2D eigenvalue weighted by Gasteiger charge is -2.28. The number of hydrogen-bond acceptors (Lipinski definition) is 5. The number of rotatable bonds is 4. The number of aromatic nitrogens is 3. The summed E-state index contributed by atoms with van der Waals surface area (Å²) < 4.78 is 45.3. The van der Waals surface area contributed by atoms with E-state index >= 15 is 0 Å².